The van der Waals surface area contributed by atoms with Crippen molar-refractivity contribution in [3.05, 3.63) is 30.3 Å². The monoisotopic (exact) mass is 353 g/mol. The number of hydrogen-bond donors (Lipinski definition) is 2. The van der Waals surface area contributed by atoms with Crippen molar-refractivity contribution in [3.8, 4) is 5.75 Å². The molecule has 1 aromatic carbocycles. The molecule has 2 fully saturated rings. The molecule has 1 amide bonds. The molecule has 2 heterocycles. The summed E-state index contributed by atoms with van der Waals surface area (Å²) >= 11 is 0. The van der Waals surface area contributed by atoms with Gasteiger partial charge in [0.2, 0.25) is 5.91 Å². The van der Waals surface area contributed by atoms with Gasteiger partial charge in [-0.3, -0.25) is 9.69 Å². The number of benzene rings is 1. The Morgan fingerprint density at radius 2 is 1.92 bits per heavy atom. The number of hydrogen-bond acceptors (Lipinski definition) is 4. The van der Waals surface area contributed by atoms with E-state index in [4.69, 9.17) is 4.74 Å². The summed E-state index contributed by atoms with van der Waals surface area (Å²) in [6.45, 7) is 1.51. The molecular formula is C18H28ClN3O2. The summed E-state index contributed by atoms with van der Waals surface area (Å²) in [6.07, 6.45) is 4.91. The molecule has 134 valence electrons. The number of para-hydroxylation sites is 1. The van der Waals surface area contributed by atoms with Crippen LogP contribution in [0.3, 0.4) is 0 Å². The summed E-state index contributed by atoms with van der Waals surface area (Å²) in [5, 5.41) is 6.58. The van der Waals surface area contributed by atoms with Crippen molar-refractivity contribution in [1.29, 1.82) is 0 Å². The minimum Gasteiger partial charge on any atom is -0.492 e. The van der Waals surface area contributed by atoms with Gasteiger partial charge >= 0.3 is 0 Å². The van der Waals surface area contributed by atoms with Crippen molar-refractivity contribution < 1.29 is 9.53 Å². The van der Waals surface area contributed by atoms with Crippen LogP contribution in [0.25, 0.3) is 0 Å². The second kappa shape index (κ2) is 9.25. The van der Waals surface area contributed by atoms with Crippen molar-refractivity contribution in [2.45, 2.75) is 43.8 Å². The van der Waals surface area contributed by atoms with Crippen LogP contribution in [0.4, 0.5) is 0 Å². The van der Waals surface area contributed by atoms with E-state index in [1.807, 2.05) is 30.3 Å². The maximum Gasteiger partial charge on any atom is 0.234 e. The van der Waals surface area contributed by atoms with Crippen LogP contribution >= 0.6 is 12.4 Å². The molecule has 2 bridgehead atoms. The fraction of sp³-hybridized carbons (Fsp3) is 0.611. The molecule has 6 heteroatoms. The molecule has 2 aliphatic heterocycles. The molecule has 0 saturated carbocycles. The van der Waals surface area contributed by atoms with Gasteiger partial charge in [0.15, 0.2) is 0 Å². The Hall–Kier alpha value is -1.30. The summed E-state index contributed by atoms with van der Waals surface area (Å²) in [4.78, 5) is 14.3. The average Bonchev–Trinajstić information content (AvgIpc) is 2.90. The lowest BCUT2D eigenvalue weighted by Gasteiger charge is -2.35. The third-order valence-corrected chi connectivity index (χ3v) is 4.90. The molecule has 1 aromatic rings. The van der Waals surface area contributed by atoms with E-state index in [9.17, 15) is 4.79 Å². The molecule has 2 N–H and O–H groups in total. The Morgan fingerprint density at radius 1 is 1.25 bits per heavy atom. The third-order valence-electron chi connectivity index (χ3n) is 4.90. The molecule has 0 aromatic heterocycles. The number of ether oxygens (including phenoxy) is 1. The number of halogens is 1. The maximum absolute atomic E-state index is 12.1. The number of fused-ring (bicyclic) bond motifs is 2. The predicted molar refractivity (Wildman–Crippen MR) is 97.8 cm³/mol. The maximum atomic E-state index is 12.1. The number of piperidine rings is 1. The lowest BCUT2D eigenvalue weighted by atomic mass is 9.98. The number of rotatable bonds is 7. The third kappa shape index (κ3) is 5.36. The van der Waals surface area contributed by atoms with Gasteiger partial charge in [0.1, 0.15) is 12.4 Å². The zero-order chi connectivity index (χ0) is 16.1. The van der Waals surface area contributed by atoms with E-state index in [2.05, 4.69) is 22.6 Å². The van der Waals surface area contributed by atoms with Crippen LogP contribution in [0.2, 0.25) is 0 Å². The first-order chi connectivity index (χ1) is 11.2. The number of amides is 1. The van der Waals surface area contributed by atoms with Gasteiger partial charge in [-0.1, -0.05) is 18.2 Å². The summed E-state index contributed by atoms with van der Waals surface area (Å²) in [6, 6.07) is 11.5. The van der Waals surface area contributed by atoms with Gasteiger partial charge in [-0.25, -0.2) is 0 Å². The van der Waals surface area contributed by atoms with Crippen LogP contribution in [-0.4, -0.2) is 55.7 Å². The smallest absolute Gasteiger partial charge is 0.234 e. The van der Waals surface area contributed by atoms with Gasteiger partial charge in [0, 0.05) is 18.1 Å². The number of likely N-dealkylation sites (N-methyl/N-ethyl adjacent to an activating group) is 1. The molecule has 5 nitrogen and oxygen atoms in total. The van der Waals surface area contributed by atoms with E-state index in [0.717, 1.165) is 18.6 Å². The highest BCUT2D eigenvalue weighted by Gasteiger charge is 2.35. The van der Waals surface area contributed by atoms with E-state index in [0.29, 0.717) is 37.8 Å². The topological polar surface area (TPSA) is 53.6 Å². The van der Waals surface area contributed by atoms with Crippen LogP contribution in [0, 0.1) is 0 Å². The minimum atomic E-state index is 0. The fourth-order valence-corrected chi connectivity index (χ4v) is 3.67. The van der Waals surface area contributed by atoms with Gasteiger partial charge in [-0.2, -0.15) is 0 Å². The molecule has 2 aliphatic rings. The highest BCUT2D eigenvalue weighted by Crippen LogP contribution is 2.29. The number of nitrogens with one attached hydrogen (secondary N) is 2. The van der Waals surface area contributed by atoms with Crippen LogP contribution in [-0.2, 0) is 4.79 Å². The van der Waals surface area contributed by atoms with E-state index >= 15 is 0 Å². The first-order valence-electron chi connectivity index (χ1n) is 8.61. The number of nitrogens with zero attached hydrogens (tertiary/aromatic N) is 1. The summed E-state index contributed by atoms with van der Waals surface area (Å²) in [5.74, 6) is 0.916. The second-order valence-electron chi connectivity index (χ2n) is 6.69. The lowest BCUT2D eigenvalue weighted by Crippen LogP contribution is -2.49. The largest absolute Gasteiger partial charge is 0.492 e. The van der Waals surface area contributed by atoms with Gasteiger partial charge in [0.25, 0.3) is 0 Å². The van der Waals surface area contributed by atoms with Crippen LogP contribution in [0.5, 0.6) is 5.75 Å². The van der Waals surface area contributed by atoms with Crippen molar-refractivity contribution >= 4 is 18.3 Å². The van der Waals surface area contributed by atoms with E-state index in [-0.39, 0.29) is 18.3 Å². The molecule has 2 saturated heterocycles. The highest BCUT2D eigenvalue weighted by molar-refractivity contribution is 5.85. The van der Waals surface area contributed by atoms with E-state index in [1.165, 1.54) is 12.8 Å². The molecule has 0 radical (unpaired) electrons. The molecule has 0 aliphatic carbocycles. The summed E-state index contributed by atoms with van der Waals surface area (Å²) < 4.78 is 5.58. The van der Waals surface area contributed by atoms with Gasteiger partial charge in [-0.15, -0.1) is 12.4 Å². The standard InChI is InChI=1S/C18H27N3O2.ClH/c1-21(16-11-14-7-8-15(12-16)20-14)13-18(22)19-9-10-23-17-5-3-2-4-6-17;/h2-6,14-16,20H,7-13H2,1H3,(H,19,22);1H. The van der Waals surface area contributed by atoms with Gasteiger partial charge in [-0.05, 0) is 44.9 Å². The predicted octanol–water partition coefficient (Wildman–Crippen LogP) is 1.82. The normalized spacial score (nSPS) is 25.2. The van der Waals surface area contributed by atoms with Crippen molar-refractivity contribution in [1.82, 2.24) is 15.5 Å². The fourth-order valence-electron chi connectivity index (χ4n) is 3.67. The number of carbonyl (C=O) groups excluding carboxylic acids is 1. The van der Waals surface area contributed by atoms with Crippen LogP contribution in [0.1, 0.15) is 25.7 Å². The zero-order valence-electron chi connectivity index (χ0n) is 14.2. The Kier molecular flexibility index (Phi) is 7.34. The highest BCUT2D eigenvalue weighted by atomic mass is 35.5. The first kappa shape index (κ1) is 19.0. The van der Waals surface area contributed by atoms with Gasteiger partial charge < -0.3 is 15.4 Å². The molecule has 2 unspecified atom stereocenters. The summed E-state index contributed by atoms with van der Waals surface area (Å²) in [5.41, 5.74) is 0. The molecular weight excluding hydrogens is 326 g/mol. The Balaban J connectivity index is 0.00000208. The molecule has 3 rings (SSSR count). The first-order valence-corrected chi connectivity index (χ1v) is 8.61. The Labute approximate surface area is 150 Å². The van der Waals surface area contributed by atoms with E-state index < -0.39 is 0 Å². The van der Waals surface area contributed by atoms with Crippen molar-refractivity contribution in [2.75, 3.05) is 26.7 Å². The minimum absolute atomic E-state index is 0. The second-order valence-corrected chi connectivity index (χ2v) is 6.69. The van der Waals surface area contributed by atoms with Crippen molar-refractivity contribution in [2.24, 2.45) is 0 Å². The molecule has 0 spiro atoms. The Bertz CT molecular complexity index is 502. The summed E-state index contributed by atoms with van der Waals surface area (Å²) in [7, 11) is 2.06. The zero-order valence-corrected chi connectivity index (χ0v) is 15.1. The molecule has 2 atom stereocenters. The Morgan fingerprint density at radius 3 is 2.58 bits per heavy atom. The lowest BCUT2D eigenvalue weighted by molar-refractivity contribution is -0.122. The average molecular weight is 354 g/mol. The quantitative estimate of drug-likeness (QED) is 0.734. The van der Waals surface area contributed by atoms with Crippen molar-refractivity contribution in [3.63, 3.8) is 0 Å². The van der Waals surface area contributed by atoms with Crippen LogP contribution in [0.15, 0.2) is 30.3 Å². The SMILES string of the molecule is CN(CC(=O)NCCOc1ccccc1)C1CC2CCC(C1)N2.Cl. The number of carbonyl (C=O) groups is 1. The van der Waals surface area contributed by atoms with E-state index in [1.54, 1.807) is 0 Å². The van der Waals surface area contributed by atoms with Gasteiger partial charge in [0.05, 0.1) is 13.1 Å². The van der Waals surface area contributed by atoms with Crippen LogP contribution < -0.4 is 15.4 Å². The molecule has 24 heavy (non-hydrogen) atoms.